The normalized spacial score (nSPS) is 29.1. The minimum absolute atomic E-state index is 0.292. The lowest BCUT2D eigenvalue weighted by Gasteiger charge is -2.41. The highest BCUT2D eigenvalue weighted by atomic mass is 32.2. The molecule has 0 amide bonds. The average molecular weight is 313 g/mol. The third-order valence-corrected chi connectivity index (χ3v) is 6.44. The van der Waals surface area contributed by atoms with E-state index in [4.69, 9.17) is 9.47 Å². The van der Waals surface area contributed by atoms with Gasteiger partial charge in [0.2, 0.25) is 0 Å². The fourth-order valence-corrected chi connectivity index (χ4v) is 5.44. The topological polar surface area (TPSA) is 30.5 Å². The zero-order valence-corrected chi connectivity index (χ0v) is 13.6. The van der Waals surface area contributed by atoms with Crippen molar-refractivity contribution in [1.82, 2.24) is 5.32 Å². The van der Waals surface area contributed by atoms with E-state index in [9.17, 15) is 0 Å². The molecule has 1 aliphatic heterocycles. The molecule has 0 radical (unpaired) electrons. The molecule has 3 nitrogen and oxygen atoms in total. The van der Waals surface area contributed by atoms with Crippen LogP contribution in [0.1, 0.15) is 32.6 Å². The SMILES string of the molecule is CCCNC1CCC2(CC1Sc1cccs1)OCCO2. The fraction of sp³-hybridized carbons (Fsp3) is 0.733. The molecule has 1 aliphatic carbocycles. The van der Waals surface area contributed by atoms with Gasteiger partial charge >= 0.3 is 0 Å². The maximum atomic E-state index is 5.92. The van der Waals surface area contributed by atoms with Crippen LogP contribution >= 0.6 is 23.1 Å². The van der Waals surface area contributed by atoms with E-state index in [0.29, 0.717) is 11.3 Å². The van der Waals surface area contributed by atoms with Crippen molar-refractivity contribution < 1.29 is 9.47 Å². The van der Waals surface area contributed by atoms with E-state index < -0.39 is 0 Å². The van der Waals surface area contributed by atoms with Crippen molar-refractivity contribution in [3.05, 3.63) is 17.5 Å². The number of ether oxygens (including phenoxy) is 2. The highest BCUT2D eigenvalue weighted by Crippen LogP contribution is 2.43. The van der Waals surface area contributed by atoms with E-state index in [0.717, 1.165) is 39.0 Å². The van der Waals surface area contributed by atoms with Gasteiger partial charge in [-0.1, -0.05) is 13.0 Å². The first-order chi connectivity index (χ1) is 9.81. The molecule has 5 heteroatoms. The van der Waals surface area contributed by atoms with Gasteiger partial charge in [-0.2, -0.15) is 0 Å². The lowest BCUT2D eigenvalue weighted by Crippen LogP contribution is -2.49. The van der Waals surface area contributed by atoms with Gasteiger partial charge in [-0.15, -0.1) is 23.1 Å². The first-order valence-corrected chi connectivity index (χ1v) is 9.29. The summed E-state index contributed by atoms with van der Waals surface area (Å²) in [5, 5.41) is 6.40. The molecular formula is C15H23NO2S2. The Hall–Kier alpha value is -0.0700. The first kappa shape index (κ1) is 14.9. The second-order valence-electron chi connectivity index (χ2n) is 5.50. The molecule has 2 fully saturated rings. The Morgan fingerprint density at radius 3 is 3.00 bits per heavy atom. The molecule has 1 aromatic rings. The van der Waals surface area contributed by atoms with Gasteiger partial charge in [-0.05, 0) is 30.8 Å². The summed E-state index contributed by atoms with van der Waals surface area (Å²) in [5.41, 5.74) is 0. The van der Waals surface area contributed by atoms with Crippen LogP contribution in [0.15, 0.2) is 21.7 Å². The third-order valence-electron chi connectivity index (χ3n) is 4.03. The van der Waals surface area contributed by atoms with Gasteiger partial charge in [-0.25, -0.2) is 0 Å². The first-order valence-electron chi connectivity index (χ1n) is 7.53. The molecule has 3 rings (SSSR count). The maximum absolute atomic E-state index is 5.92. The number of rotatable bonds is 5. The van der Waals surface area contributed by atoms with Gasteiger partial charge in [0.1, 0.15) is 0 Å². The number of thiophene rings is 1. The smallest absolute Gasteiger partial charge is 0.169 e. The monoisotopic (exact) mass is 313 g/mol. The van der Waals surface area contributed by atoms with Crippen molar-refractivity contribution in [2.24, 2.45) is 0 Å². The molecule has 1 spiro atoms. The van der Waals surface area contributed by atoms with E-state index in [2.05, 4.69) is 29.8 Å². The number of hydrogen-bond acceptors (Lipinski definition) is 5. The molecule has 2 heterocycles. The molecule has 0 bridgehead atoms. The molecule has 1 N–H and O–H groups in total. The van der Waals surface area contributed by atoms with E-state index in [1.165, 1.54) is 10.6 Å². The molecule has 2 unspecified atom stereocenters. The summed E-state index contributed by atoms with van der Waals surface area (Å²) in [4.78, 5) is 0. The van der Waals surface area contributed by atoms with Gasteiger partial charge < -0.3 is 14.8 Å². The third kappa shape index (κ3) is 3.39. The molecule has 2 atom stereocenters. The van der Waals surface area contributed by atoms with Gasteiger partial charge in [0.25, 0.3) is 0 Å². The second-order valence-corrected chi connectivity index (χ2v) is 7.99. The highest BCUT2D eigenvalue weighted by molar-refractivity contribution is 8.01. The van der Waals surface area contributed by atoms with Gasteiger partial charge in [0, 0.05) is 24.1 Å². The molecule has 112 valence electrons. The summed E-state index contributed by atoms with van der Waals surface area (Å²) in [6.45, 7) is 4.83. The Labute approximate surface area is 129 Å². The minimum Gasteiger partial charge on any atom is -0.347 e. The Morgan fingerprint density at radius 1 is 1.45 bits per heavy atom. The van der Waals surface area contributed by atoms with Crippen LogP contribution in [0.4, 0.5) is 0 Å². The minimum atomic E-state index is -0.292. The van der Waals surface area contributed by atoms with Crippen molar-refractivity contribution in [2.45, 2.75) is 53.9 Å². The summed E-state index contributed by atoms with van der Waals surface area (Å²) in [6, 6.07) is 4.91. The predicted molar refractivity (Wildman–Crippen MR) is 84.5 cm³/mol. The van der Waals surface area contributed by atoms with Crippen molar-refractivity contribution in [3.63, 3.8) is 0 Å². The van der Waals surface area contributed by atoms with Crippen LogP contribution in [0.3, 0.4) is 0 Å². The van der Waals surface area contributed by atoms with Crippen LogP contribution in [0.5, 0.6) is 0 Å². The Balaban J connectivity index is 1.68. The largest absolute Gasteiger partial charge is 0.347 e. The lowest BCUT2D eigenvalue weighted by atomic mass is 9.89. The van der Waals surface area contributed by atoms with Crippen molar-refractivity contribution >= 4 is 23.1 Å². The predicted octanol–water partition coefficient (Wildman–Crippen LogP) is 3.50. The van der Waals surface area contributed by atoms with Crippen molar-refractivity contribution in [1.29, 1.82) is 0 Å². The Kier molecular flexibility index (Phi) is 5.04. The van der Waals surface area contributed by atoms with Crippen LogP contribution < -0.4 is 5.32 Å². The number of hydrogen-bond donors (Lipinski definition) is 1. The van der Waals surface area contributed by atoms with Crippen LogP contribution in [0.2, 0.25) is 0 Å². The van der Waals surface area contributed by atoms with Crippen molar-refractivity contribution in [3.8, 4) is 0 Å². The zero-order chi connectivity index (χ0) is 13.8. The number of nitrogens with one attached hydrogen (secondary N) is 1. The lowest BCUT2D eigenvalue weighted by molar-refractivity contribution is -0.178. The molecule has 2 aliphatic rings. The molecule has 1 saturated carbocycles. The van der Waals surface area contributed by atoms with Crippen LogP contribution in [0.25, 0.3) is 0 Å². The quantitative estimate of drug-likeness (QED) is 0.901. The fourth-order valence-electron chi connectivity index (χ4n) is 3.04. The Morgan fingerprint density at radius 2 is 2.30 bits per heavy atom. The molecule has 1 saturated heterocycles. The van der Waals surface area contributed by atoms with E-state index >= 15 is 0 Å². The van der Waals surface area contributed by atoms with Gasteiger partial charge in [0.15, 0.2) is 5.79 Å². The highest BCUT2D eigenvalue weighted by Gasteiger charge is 2.45. The van der Waals surface area contributed by atoms with E-state index in [1.54, 1.807) is 0 Å². The van der Waals surface area contributed by atoms with Crippen LogP contribution in [-0.2, 0) is 9.47 Å². The summed E-state index contributed by atoms with van der Waals surface area (Å²) < 4.78 is 13.2. The maximum Gasteiger partial charge on any atom is 0.169 e. The van der Waals surface area contributed by atoms with Gasteiger partial charge in [-0.3, -0.25) is 0 Å². The second kappa shape index (κ2) is 6.79. The van der Waals surface area contributed by atoms with E-state index in [1.807, 2.05) is 23.1 Å². The van der Waals surface area contributed by atoms with Crippen molar-refractivity contribution in [2.75, 3.05) is 19.8 Å². The van der Waals surface area contributed by atoms with Gasteiger partial charge in [0.05, 0.1) is 17.4 Å². The summed E-state index contributed by atoms with van der Waals surface area (Å²) in [7, 11) is 0. The molecular weight excluding hydrogens is 290 g/mol. The standard InChI is InChI=1S/C15H23NO2S2/c1-2-7-16-12-5-6-15(17-8-9-18-15)11-13(12)20-14-4-3-10-19-14/h3-4,10,12-13,16H,2,5-9,11H2,1H3. The molecule has 1 aromatic heterocycles. The molecule has 0 aromatic carbocycles. The summed E-state index contributed by atoms with van der Waals surface area (Å²) in [5.74, 6) is -0.292. The van der Waals surface area contributed by atoms with Crippen LogP contribution in [-0.4, -0.2) is 36.8 Å². The Bertz CT molecular complexity index is 404. The average Bonchev–Trinajstić information content (AvgIpc) is 3.11. The van der Waals surface area contributed by atoms with E-state index in [-0.39, 0.29) is 5.79 Å². The van der Waals surface area contributed by atoms with Crippen LogP contribution in [0, 0.1) is 0 Å². The number of thioether (sulfide) groups is 1. The summed E-state index contributed by atoms with van der Waals surface area (Å²) in [6.07, 6.45) is 4.35. The summed E-state index contributed by atoms with van der Waals surface area (Å²) >= 11 is 3.81. The zero-order valence-electron chi connectivity index (χ0n) is 12.0. The molecule has 20 heavy (non-hydrogen) atoms.